The van der Waals surface area contributed by atoms with Gasteiger partial charge in [0.05, 0.1) is 0 Å². The topological polar surface area (TPSA) is 32.3 Å². The monoisotopic (exact) mass is 227 g/mol. The highest BCUT2D eigenvalue weighted by Gasteiger charge is 2.23. The molecule has 0 radical (unpaired) electrons. The summed E-state index contributed by atoms with van der Waals surface area (Å²) >= 11 is 0. The van der Waals surface area contributed by atoms with Crippen molar-refractivity contribution in [2.45, 2.75) is 52.4 Å². The Morgan fingerprint density at radius 3 is 2.50 bits per heavy atom. The summed E-state index contributed by atoms with van der Waals surface area (Å²) in [6, 6.07) is 0. The summed E-state index contributed by atoms with van der Waals surface area (Å²) in [5.74, 6) is 2.10. The molecule has 0 aromatic rings. The molecule has 1 aliphatic carbocycles. The van der Waals surface area contributed by atoms with Crippen molar-refractivity contribution in [2.24, 2.45) is 17.8 Å². The minimum Gasteiger partial charge on any atom is -0.396 e. The molecule has 0 aliphatic heterocycles. The van der Waals surface area contributed by atoms with Crippen LogP contribution in [0.15, 0.2) is 0 Å². The van der Waals surface area contributed by atoms with Crippen LogP contribution in [0.3, 0.4) is 0 Å². The Labute approximate surface area is 101 Å². The van der Waals surface area contributed by atoms with Crippen LogP contribution in [0, 0.1) is 17.8 Å². The molecule has 0 bridgehead atoms. The lowest BCUT2D eigenvalue weighted by atomic mass is 9.79. The van der Waals surface area contributed by atoms with Crippen LogP contribution in [0.1, 0.15) is 52.4 Å². The van der Waals surface area contributed by atoms with Gasteiger partial charge in [0.2, 0.25) is 0 Å². The van der Waals surface area contributed by atoms with Gasteiger partial charge in [0, 0.05) is 6.61 Å². The van der Waals surface area contributed by atoms with E-state index >= 15 is 0 Å². The van der Waals surface area contributed by atoms with Gasteiger partial charge in [-0.15, -0.1) is 0 Å². The molecule has 2 atom stereocenters. The molecule has 1 rings (SSSR count). The molecule has 1 saturated carbocycles. The normalized spacial score (nSPS) is 26.2. The summed E-state index contributed by atoms with van der Waals surface area (Å²) in [7, 11) is 0. The molecule has 2 nitrogen and oxygen atoms in total. The highest BCUT2D eigenvalue weighted by molar-refractivity contribution is 4.76. The maximum atomic E-state index is 9.31. The Hall–Kier alpha value is -0.0800. The van der Waals surface area contributed by atoms with Crippen molar-refractivity contribution in [1.29, 1.82) is 0 Å². The summed E-state index contributed by atoms with van der Waals surface area (Å²) in [5, 5.41) is 12.9. The zero-order valence-corrected chi connectivity index (χ0v) is 11.0. The Bertz CT molecular complexity index is 170. The van der Waals surface area contributed by atoms with E-state index in [0.29, 0.717) is 12.5 Å². The number of rotatable bonds is 7. The smallest absolute Gasteiger partial charge is 0.0462 e. The molecular weight excluding hydrogens is 198 g/mol. The predicted octanol–water partition coefficient (Wildman–Crippen LogP) is 2.81. The summed E-state index contributed by atoms with van der Waals surface area (Å²) in [4.78, 5) is 0. The van der Waals surface area contributed by atoms with Gasteiger partial charge in [-0.1, -0.05) is 26.7 Å². The third kappa shape index (κ3) is 5.31. The van der Waals surface area contributed by atoms with Crippen LogP contribution in [0.4, 0.5) is 0 Å². The zero-order chi connectivity index (χ0) is 11.8. The van der Waals surface area contributed by atoms with Crippen LogP contribution in [-0.4, -0.2) is 24.8 Å². The Kier molecular flexibility index (Phi) is 7.06. The molecule has 1 aliphatic rings. The number of hydrogen-bond acceptors (Lipinski definition) is 2. The first-order valence-corrected chi connectivity index (χ1v) is 7.05. The average molecular weight is 227 g/mol. The van der Waals surface area contributed by atoms with Crippen LogP contribution >= 0.6 is 0 Å². The third-order valence-corrected chi connectivity index (χ3v) is 3.84. The molecule has 0 heterocycles. The molecule has 0 saturated heterocycles. The molecule has 2 N–H and O–H groups in total. The van der Waals surface area contributed by atoms with E-state index in [1.54, 1.807) is 0 Å². The summed E-state index contributed by atoms with van der Waals surface area (Å²) < 4.78 is 0. The second kappa shape index (κ2) is 8.08. The van der Waals surface area contributed by atoms with E-state index in [2.05, 4.69) is 19.2 Å². The average Bonchev–Trinajstić information content (AvgIpc) is 2.29. The second-order valence-electron chi connectivity index (χ2n) is 5.73. The molecule has 0 aromatic carbocycles. The van der Waals surface area contributed by atoms with Crippen LogP contribution < -0.4 is 5.32 Å². The van der Waals surface area contributed by atoms with Gasteiger partial charge in [-0.2, -0.15) is 0 Å². The van der Waals surface area contributed by atoms with Gasteiger partial charge in [-0.25, -0.2) is 0 Å². The molecule has 96 valence electrons. The lowest BCUT2D eigenvalue weighted by Crippen LogP contribution is -2.32. The van der Waals surface area contributed by atoms with Gasteiger partial charge in [0.25, 0.3) is 0 Å². The largest absolute Gasteiger partial charge is 0.396 e. The van der Waals surface area contributed by atoms with Gasteiger partial charge in [-0.05, 0) is 56.5 Å². The van der Waals surface area contributed by atoms with E-state index in [1.807, 2.05) is 0 Å². The Morgan fingerprint density at radius 1 is 1.19 bits per heavy atom. The SMILES string of the molecule is CC(C)CCCNCC1CCCCC1CO. The lowest BCUT2D eigenvalue weighted by Gasteiger charge is -2.30. The number of aliphatic hydroxyl groups excluding tert-OH is 1. The van der Waals surface area contributed by atoms with E-state index in [-0.39, 0.29) is 0 Å². The molecule has 0 amide bonds. The first-order chi connectivity index (χ1) is 7.74. The maximum Gasteiger partial charge on any atom is 0.0462 e. The summed E-state index contributed by atoms with van der Waals surface area (Å²) in [5.41, 5.74) is 0. The quantitative estimate of drug-likeness (QED) is 0.656. The first-order valence-electron chi connectivity index (χ1n) is 7.05. The lowest BCUT2D eigenvalue weighted by molar-refractivity contribution is 0.133. The van der Waals surface area contributed by atoms with Gasteiger partial charge in [-0.3, -0.25) is 0 Å². The minimum absolute atomic E-state index is 0.387. The van der Waals surface area contributed by atoms with Crippen molar-refractivity contribution in [1.82, 2.24) is 5.32 Å². The van der Waals surface area contributed by atoms with Crippen LogP contribution in [0.2, 0.25) is 0 Å². The molecular formula is C14H29NO. The highest BCUT2D eigenvalue weighted by Crippen LogP contribution is 2.28. The van der Waals surface area contributed by atoms with Gasteiger partial charge >= 0.3 is 0 Å². The van der Waals surface area contributed by atoms with Crippen LogP contribution in [0.25, 0.3) is 0 Å². The fourth-order valence-electron chi connectivity index (χ4n) is 2.72. The molecule has 0 aromatic heterocycles. The van der Waals surface area contributed by atoms with E-state index < -0.39 is 0 Å². The number of nitrogens with one attached hydrogen (secondary N) is 1. The van der Waals surface area contributed by atoms with Crippen molar-refractivity contribution < 1.29 is 5.11 Å². The Balaban J connectivity index is 2.06. The van der Waals surface area contributed by atoms with Crippen molar-refractivity contribution in [3.05, 3.63) is 0 Å². The minimum atomic E-state index is 0.387. The van der Waals surface area contributed by atoms with Gasteiger partial charge in [0.1, 0.15) is 0 Å². The highest BCUT2D eigenvalue weighted by atomic mass is 16.3. The van der Waals surface area contributed by atoms with Crippen molar-refractivity contribution in [2.75, 3.05) is 19.7 Å². The zero-order valence-electron chi connectivity index (χ0n) is 11.0. The van der Waals surface area contributed by atoms with Crippen molar-refractivity contribution in [3.63, 3.8) is 0 Å². The van der Waals surface area contributed by atoms with Crippen LogP contribution in [0.5, 0.6) is 0 Å². The summed E-state index contributed by atoms with van der Waals surface area (Å²) in [6.45, 7) is 7.21. The second-order valence-corrected chi connectivity index (χ2v) is 5.73. The summed E-state index contributed by atoms with van der Waals surface area (Å²) in [6.07, 6.45) is 7.82. The fraction of sp³-hybridized carbons (Fsp3) is 1.00. The molecule has 1 fully saturated rings. The molecule has 16 heavy (non-hydrogen) atoms. The molecule has 2 unspecified atom stereocenters. The standard InChI is InChI=1S/C14H29NO/c1-12(2)6-5-9-15-10-13-7-3-4-8-14(13)11-16/h12-16H,3-11H2,1-2H3. The van der Waals surface area contributed by atoms with E-state index in [0.717, 1.165) is 24.9 Å². The van der Waals surface area contributed by atoms with E-state index in [9.17, 15) is 5.11 Å². The van der Waals surface area contributed by atoms with Crippen LogP contribution in [-0.2, 0) is 0 Å². The number of aliphatic hydroxyl groups is 1. The van der Waals surface area contributed by atoms with Crippen molar-refractivity contribution >= 4 is 0 Å². The first kappa shape index (κ1) is 14.0. The van der Waals surface area contributed by atoms with Crippen molar-refractivity contribution in [3.8, 4) is 0 Å². The fourth-order valence-corrected chi connectivity index (χ4v) is 2.72. The predicted molar refractivity (Wildman–Crippen MR) is 69.5 cm³/mol. The maximum absolute atomic E-state index is 9.31. The molecule has 0 spiro atoms. The Morgan fingerprint density at radius 2 is 1.88 bits per heavy atom. The molecule has 2 heteroatoms. The van der Waals surface area contributed by atoms with Gasteiger partial charge < -0.3 is 10.4 Å². The number of hydrogen-bond donors (Lipinski definition) is 2. The third-order valence-electron chi connectivity index (χ3n) is 3.84. The van der Waals surface area contributed by atoms with E-state index in [1.165, 1.54) is 38.5 Å². The van der Waals surface area contributed by atoms with Gasteiger partial charge in [0.15, 0.2) is 0 Å². The van der Waals surface area contributed by atoms with E-state index in [4.69, 9.17) is 0 Å².